The van der Waals surface area contributed by atoms with Crippen molar-refractivity contribution in [2.75, 3.05) is 24.8 Å². The van der Waals surface area contributed by atoms with E-state index in [1.165, 1.54) is 18.9 Å². The third-order valence-electron chi connectivity index (χ3n) is 3.84. The summed E-state index contributed by atoms with van der Waals surface area (Å²) in [5, 5.41) is 11.4. The first-order valence-corrected chi connectivity index (χ1v) is 9.79. The number of para-hydroxylation sites is 2. The molecule has 0 atom stereocenters. The summed E-state index contributed by atoms with van der Waals surface area (Å²) in [7, 11) is 1.51. The molecule has 2 aromatic heterocycles. The van der Waals surface area contributed by atoms with Crippen molar-refractivity contribution in [3.05, 3.63) is 42.7 Å². The number of hydrogen-bond acceptors (Lipinski definition) is 8. The lowest BCUT2D eigenvalue weighted by Crippen LogP contribution is -2.22. The normalized spacial score (nSPS) is 10.6. The van der Waals surface area contributed by atoms with Crippen LogP contribution in [0.5, 0.6) is 5.75 Å². The fraction of sp³-hybridized carbons (Fsp3) is 0.263. The highest BCUT2D eigenvalue weighted by atomic mass is 32.2. The highest BCUT2D eigenvalue weighted by Gasteiger charge is 2.17. The molecular weight excluding hydrogens is 396 g/mol. The summed E-state index contributed by atoms with van der Waals surface area (Å²) in [5.41, 5.74) is 0.506. The van der Waals surface area contributed by atoms with Gasteiger partial charge in [0.05, 0.1) is 24.8 Å². The minimum atomic E-state index is -0.532. The van der Waals surface area contributed by atoms with Crippen LogP contribution < -0.4 is 10.1 Å². The number of rotatable bonds is 9. The second-order valence-electron chi connectivity index (χ2n) is 5.73. The largest absolute Gasteiger partial charge is 0.495 e. The molecule has 0 aliphatic rings. The summed E-state index contributed by atoms with van der Waals surface area (Å²) >= 11 is 1.18. The maximum absolute atomic E-state index is 12.0. The zero-order valence-corrected chi connectivity index (χ0v) is 16.8. The fourth-order valence-corrected chi connectivity index (χ4v) is 3.31. The van der Waals surface area contributed by atoms with Crippen molar-refractivity contribution >= 4 is 29.3 Å². The van der Waals surface area contributed by atoms with E-state index < -0.39 is 18.5 Å². The van der Waals surface area contributed by atoms with Crippen molar-refractivity contribution in [3.63, 3.8) is 0 Å². The zero-order chi connectivity index (χ0) is 20.6. The molecule has 1 N–H and O–H groups in total. The molecule has 10 heteroatoms. The quantitative estimate of drug-likeness (QED) is 0.419. The number of amides is 1. The van der Waals surface area contributed by atoms with Crippen LogP contribution in [0.15, 0.2) is 52.2 Å². The van der Waals surface area contributed by atoms with Crippen molar-refractivity contribution in [2.45, 2.75) is 18.6 Å². The highest BCUT2D eigenvalue weighted by Crippen LogP contribution is 2.24. The summed E-state index contributed by atoms with van der Waals surface area (Å²) in [6.45, 7) is 2.16. The molecular formula is C19H20N4O5S. The Morgan fingerprint density at radius 3 is 2.76 bits per heavy atom. The van der Waals surface area contributed by atoms with Crippen LogP contribution in [0, 0.1) is 0 Å². The van der Waals surface area contributed by atoms with Crippen LogP contribution in [-0.2, 0) is 20.9 Å². The van der Waals surface area contributed by atoms with Gasteiger partial charge in [-0.1, -0.05) is 23.9 Å². The molecule has 2 heterocycles. The number of furan rings is 1. The molecule has 0 fully saturated rings. The molecule has 0 unspecified atom stereocenters. The number of carbonyl (C=O) groups excluding carboxylic acids is 2. The number of nitrogens with one attached hydrogen (secondary N) is 1. The number of hydrogen-bond donors (Lipinski definition) is 1. The number of anilines is 1. The summed E-state index contributed by atoms with van der Waals surface area (Å²) in [4.78, 5) is 24.0. The van der Waals surface area contributed by atoms with Crippen LogP contribution >= 0.6 is 11.8 Å². The molecule has 0 aliphatic carbocycles. The minimum absolute atomic E-state index is 0.00176. The Balaban J connectivity index is 1.50. The van der Waals surface area contributed by atoms with Gasteiger partial charge in [-0.15, -0.1) is 10.2 Å². The number of benzene rings is 1. The summed E-state index contributed by atoms with van der Waals surface area (Å²) in [5.74, 6) is 0.721. The standard InChI is InChI=1S/C19H20N4O5S/c1-3-23-18(15-9-6-10-27-15)21-22-19(23)29-12-17(25)28-11-16(24)20-13-7-4-5-8-14(13)26-2/h4-10H,3,11-12H2,1-2H3,(H,20,24). The molecule has 3 aromatic rings. The third kappa shape index (κ3) is 5.17. The molecule has 3 rings (SSSR count). The smallest absolute Gasteiger partial charge is 0.316 e. The Morgan fingerprint density at radius 1 is 1.21 bits per heavy atom. The van der Waals surface area contributed by atoms with E-state index in [4.69, 9.17) is 13.9 Å². The summed E-state index contributed by atoms with van der Waals surface area (Å²) < 4.78 is 17.4. The first kappa shape index (κ1) is 20.5. The maximum Gasteiger partial charge on any atom is 0.316 e. The molecule has 0 saturated carbocycles. The second kappa shape index (κ2) is 9.78. The minimum Gasteiger partial charge on any atom is -0.495 e. The first-order chi connectivity index (χ1) is 14.1. The number of methoxy groups -OCH3 is 1. The topological polar surface area (TPSA) is 108 Å². The van der Waals surface area contributed by atoms with E-state index in [-0.39, 0.29) is 5.75 Å². The molecule has 1 aromatic carbocycles. The molecule has 0 bridgehead atoms. The third-order valence-corrected chi connectivity index (χ3v) is 4.78. The first-order valence-electron chi connectivity index (χ1n) is 8.80. The monoisotopic (exact) mass is 416 g/mol. The van der Waals surface area contributed by atoms with Crippen LogP contribution in [0.1, 0.15) is 6.92 Å². The van der Waals surface area contributed by atoms with Crippen molar-refractivity contribution in [1.82, 2.24) is 14.8 Å². The van der Waals surface area contributed by atoms with E-state index in [2.05, 4.69) is 15.5 Å². The molecule has 0 aliphatic heterocycles. The number of thioether (sulfide) groups is 1. The van der Waals surface area contributed by atoms with Crippen LogP contribution in [0.2, 0.25) is 0 Å². The molecule has 152 valence electrons. The van der Waals surface area contributed by atoms with Gasteiger partial charge in [-0.05, 0) is 31.2 Å². The van der Waals surface area contributed by atoms with Crippen molar-refractivity contribution in [2.24, 2.45) is 0 Å². The number of nitrogens with zero attached hydrogens (tertiary/aromatic N) is 3. The van der Waals surface area contributed by atoms with E-state index in [0.717, 1.165) is 0 Å². The van der Waals surface area contributed by atoms with Crippen LogP contribution in [-0.4, -0.2) is 46.1 Å². The number of ether oxygens (including phenoxy) is 2. The molecule has 0 spiro atoms. The van der Waals surface area contributed by atoms with Gasteiger partial charge in [0.15, 0.2) is 23.3 Å². The van der Waals surface area contributed by atoms with Gasteiger partial charge < -0.3 is 19.2 Å². The summed E-state index contributed by atoms with van der Waals surface area (Å²) in [6, 6.07) is 10.5. The van der Waals surface area contributed by atoms with Crippen molar-refractivity contribution < 1.29 is 23.5 Å². The van der Waals surface area contributed by atoms with E-state index in [1.807, 2.05) is 11.5 Å². The Kier molecular flexibility index (Phi) is 6.90. The van der Waals surface area contributed by atoms with Gasteiger partial charge in [0.2, 0.25) is 0 Å². The van der Waals surface area contributed by atoms with E-state index in [9.17, 15) is 9.59 Å². The molecule has 9 nitrogen and oxygen atoms in total. The van der Waals surface area contributed by atoms with Gasteiger partial charge in [0.25, 0.3) is 5.91 Å². The van der Waals surface area contributed by atoms with Crippen molar-refractivity contribution in [1.29, 1.82) is 0 Å². The van der Waals surface area contributed by atoms with Gasteiger partial charge in [-0.25, -0.2) is 0 Å². The zero-order valence-electron chi connectivity index (χ0n) is 16.0. The highest BCUT2D eigenvalue weighted by molar-refractivity contribution is 7.99. The van der Waals surface area contributed by atoms with Gasteiger partial charge >= 0.3 is 5.97 Å². The lowest BCUT2D eigenvalue weighted by atomic mass is 10.3. The number of esters is 1. The summed E-state index contributed by atoms with van der Waals surface area (Å²) in [6.07, 6.45) is 1.56. The van der Waals surface area contributed by atoms with Gasteiger partial charge in [-0.2, -0.15) is 0 Å². The molecule has 0 radical (unpaired) electrons. The Hall–Kier alpha value is -3.27. The Labute approximate surface area is 171 Å². The van der Waals surface area contributed by atoms with Crippen molar-refractivity contribution in [3.8, 4) is 17.3 Å². The van der Waals surface area contributed by atoms with E-state index in [0.29, 0.717) is 34.7 Å². The fourth-order valence-electron chi connectivity index (χ4n) is 2.51. The van der Waals surface area contributed by atoms with E-state index in [1.54, 1.807) is 42.7 Å². The van der Waals surface area contributed by atoms with Gasteiger partial charge in [-0.3, -0.25) is 14.2 Å². The average molecular weight is 416 g/mol. The van der Waals surface area contributed by atoms with Crippen LogP contribution in [0.25, 0.3) is 11.6 Å². The second-order valence-corrected chi connectivity index (χ2v) is 6.67. The average Bonchev–Trinajstić information content (AvgIpc) is 3.40. The van der Waals surface area contributed by atoms with Gasteiger partial charge in [0.1, 0.15) is 5.75 Å². The molecule has 1 amide bonds. The van der Waals surface area contributed by atoms with Gasteiger partial charge in [0, 0.05) is 6.54 Å². The Morgan fingerprint density at radius 2 is 2.03 bits per heavy atom. The van der Waals surface area contributed by atoms with Crippen LogP contribution in [0.3, 0.4) is 0 Å². The maximum atomic E-state index is 12.0. The molecule has 29 heavy (non-hydrogen) atoms. The SMILES string of the molecule is CCn1c(SCC(=O)OCC(=O)Nc2ccccc2OC)nnc1-c1ccco1. The Bertz CT molecular complexity index is 971. The lowest BCUT2D eigenvalue weighted by molar-refractivity contribution is -0.144. The number of carbonyl (C=O) groups is 2. The lowest BCUT2D eigenvalue weighted by Gasteiger charge is -2.10. The molecule has 0 saturated heterocycles. The van der Waals surface area contributed by atoms with Crippen LogP contribution in [0.4, 0.5) is 5.69 Å². The predicted molar refractivity (Wildman–Crippen MR) is 107 cm³/mol. The number of aromatic nitrogens is 3. The van der Waals surface area contributed by atoms with E-state index >= 15 is 0 Å². The predicted octanol–water partition coefficient (Wildman–Crippen LogP) is 2.84.